The molecule has 5 heteroatoms. The summed E-state index contributed by atoms with van der Waals surface area (Å²) in [7, 11) is 1.68. The van der Waals surface area contributed by atoms with Gasteiger partial charge >= 0.3 is 0 Å². The molecule has 1 aromatic rings. The van der Waals surface area contributed by atoms with Crippen molar-refractivity contribution in [3.63, 3.8) is 0 Å². The Labute approximate surface area is 136 Å². The van der Waals surface area contributed by atoms with Gasteiger partial charge in [0.2, 0.25) is 0 Å². The molecule has 0 spiro atoms. The summed E-state index contributed by atoms with van der Waals surface area (Å²) >= 11 is 1.50. The Balaban J connectivity index is 1.79. The van der Waals surface area contributed by atoms with Crippen molar-refractivity contribution in [2.45, 2.75) is 64.5 Å². The SMILES string of the molecule is CO[C@H](C)c1nc(C)c(C(=O)N2CCC[C@H]2C2CCCC2)s1. The van der Waals surface area contributed by atoms with E-state index in [1.165, 1.54) is 43.4 Å². The highest BCUT2D eigenvalue weighted by Crippen LogP contribution is 2.37. The number of carbonyl (C=O) groups is 1. The molecule has 0 bridgehead atoms. The average Bonchev–Trinajstić information content (AvgIpc) is 3.24. The second-order valence-corrected chi connectivity index (χ2v) is 7.63. The Hall–Kier alpha value is -0.940. The van der Waals surface area contributed by atoms with Crippen molar-refractivity contribution in [3.8, 4) is 0 Å². The minimum atomic E-state index is -0.0468. The molecule has 2 heterocycles. The molecule has 0 N–H and O–H groups in total. The molecule has 122 valence electrons. The van der Waals surface area contributed by atoms with Gasteiger partial charge < -0.3 is 9.64 Å². The fraction of sp³-hybridized carbons (Fsp3) is 0.765. The number of carbonyl (C=O) groups excluding carboxylic acids is 1. The van der Waals surface area contributed by atoms with Gasteiger partial charge in [-0.2, -0.15) is 0 Å². The summed E-state index contributed by atoms with van der Waals surface area (Å²) in [5.41, 5.74) is 0.853. The highest BCUT2D eigenvalue weighted by Gasteiger charge is 2.37. The van der Waals surface area contributed by atoms with Crippen molar-refractivity contribution in [1.82, 2.24) is 9.88 Å². The van der Waals surface area contributed by atoms with Gasteiger partial charge in [-0.25, -0.2) is 4.98 Å². The number of hydrogen-bond donors (Lipinski definition) is 0. The maximum absolute atomic E-state index is 13.0. The number of thiazole rings is 1. The summed E-state index contributed by atoms with van der Waals surface area (Å²) in [5.74, 6) is 0.913. The number of likely N-dealkylation sites (tertiary alicyclic amines) is 1. The van der Waals surface area contributed by atoms with Crippen molar-refractivity contribution in [3.05, 3.63) is 15.6 Å². The molecule has 1 saturated heterocycles. The van der Waals surface area contributed by atoms with Crippen LogP contribution in [0.3, 0.4) is 0 Å². The summed E-state index contributed by atoms with van der Waals surface area (Å²) in [5, 5.41) is 0.903. The smallest absolute Gasteiger partial charge is 0.266 e. The highest BCUT2D eigenvalue weighted by atomic mass is 32.1. The van der Waals surface area contributed by atoms with E-state index >= 15 is 0 Å². The quantitative estimate of drug-likeness (QED) is 0.843. The first kappa shape index (κ1) is 15.9. The first-order chi connectivity index (χ1) is 10.6. The zero-order valence-corrected chi connectivity index (χ0v) is 14.6. The Kier molecular flexibility index (Phi) is 4.83. The fourth-order valence-corrected chi connectivity index (χ4v) is 4.95. The normalized spacial score (nSPS) is 24.1. The number of nitrogens with zero attached hydrogens (tertiary/aromatic N) is 2. The number of aryl methyl sites for hydroxylation is 1. The maximum Gasteiger partial charge on any atom is 0.266 e. The Morgan fingerprint density at radius 3 is 2.73 bits per heavy atom. The molecule has 1 aliphatic carbocycles. The van der Waals surface area contributed by atoms with Crippen molar-refractivity contribution in [2.24, 2.45) is 5.92 Å². The largest absolute Gasteiger partial charge is 0.375 e. The predicted molar refractivity (Wildman–Crippen MR) is 88.3 cm³/mol. The van der Waals surface area contributed by atoms with E-state index in [0.29, 0.717) is 6.04 Å². The van der Waals surface area contributed by atoms with Crippen LogP contribution in [0.25, 0.3) is 0 Å². The van der Waals surface area contributed by atoms with Gasteiger partial charge in [0, 0.05) is 19.7 Å². The van der Waals surface area contributed by atoms with Crippen LogP contribution in [0.1, 0.15) is 71.9 Å². The molecule has 2 fully saturated rings. The van der Waals surface area contributed by atoms with E-state index < -0.39 is 0 Å². The molecular weight excluding hydrogens is 296 g/mol. The lowest BCUT2D eigenvalue weighted by Crippen LogP contribution is -2.39. The predicted octanol–water partition coefficient (Wildman–Crippen LogP) is 3.95. The summed E-state index contributed by atoms with van der Waals surface area (Å²) in [6.07, 6.45) is 7.53. The van der Waals surface area contributed by atoms with E-state index in [1.54, 1.807) is 7.11 Å². The van der Waals surface area contributed by atoms with Crippen LogP contribution in [0.15, 0.2) is 0 Å². The molecule has 0 radical (unpaired) electrons. The van der Waals surface area contributed by atoms with Gasteiger partial charge in [0.15, 0.2) is 0 Å². The van der Waals surface area contributed by atoms with Crippen LogP contribution in [0.2, 0.25) is 0 Å². The first-order valence-electron chi connectivity index (χ1n) is 8.43. The van der Waals surface area contributed by atoms with E-state index in [0.717, 1.165) is 34.5 Å². The zero-order chi connectivity index (χ0) is 15.7. The molecular formula is C17H26N2O2S. The van der Waals surface area contributed by atoms with Gasteiger partial charge in [-0.1, -0.05) is 12.8 Å². The van der Waals surface area contributed by atoms with Gasteiger partial charge in [0.1, 0.15) is 16.0 Å². The van der Waals surface area contributed by atoms with Gasteiger partial charge in [-0.3, -0.25) is 4.79 Å². The van der Waals surface area contributed by atoms with Crippen LogP contribution in [-0.4, -0.2) is 35.5 Å². The summed E-state index contributed by atoms with van der Waals surface area (Å²) in [4.78, 5) is 20.5. The third-order valence-corrected chi connectivity index (χ3v) is 6.52. The van der Waals surface area contributed by atoms with Gasteiger partial charge in [0.05, 0.1) is 5.69 Å². The molecule has 22 heavy (non-hydrogen) atoms. The number of ether oxygens (including phenoxy) is 1. The molecule has 0 aromatic carbocycles. The second kappa shape index (κ2) is 6.67. The molecule has 0 unspecified atom stereocenters. The van der Waals surface area contributed by atoms with Crippen LogP contribution >= 0.6 is 11.3 Å². The van der Waals surface area contributed by atoms with E-state index in [2.05, 4.69) is 9.88 Å². The van der Waals surface area contributed by atoms with Crippen molar-refractivity contribution < 1.29 is 9.53 Å². The summed E-state index contributed by atoms with van der Waals surface area (Å²) in [6, 6.07) is 0.458. The topological polar surface area (TPSA) is 42.4 Å². The summed E-state index contributed by atoms with van der Waals surface area (Å²) in [6.45, 7) is 4.83. The van der Waals surface area contributed by atoms with Gasteiger partial charge in [-0.05, 0) is 45.4 Å². The third kappa shape index (κ3) is 2.93. The van der Waals surface area contributed by atoms with Crippen LogP contribution in [0.5, 0.6) is 0 Å². The molecule has 4 nitrogen and oxygen atoms in total. The zero-order valence-electron chi connectivity index (χ0n) is 13.8. The lowest BCUT2D eigenvalue weighted by Gasteiger charge is -2.29. The van der Waals surface area contributed by atoms with E-state index in [-0.39, 0.29) is 12.0 Å². The molecule has 1 aliphatic heterocycles. The standard InChI is InChI=1S/C17H26N2O2S/c1-11-15(22-16(18-11)12(2)21-3)17(20)19-10-6-9-14(19)13-7-4-5-8-13/h12-14H,4-10H2,1-3H3/t12-,14+/m1/s1. The number of methoxy groups -OCH3 is 1. The van der Waals surface area contributed by atoms with E-state index in [1.807, 2.05) is 13.8 Å². The fourth-order valence-electron chi connectivity index (χ4n) is 3.90. The number of aromatic nitrogens is 1. The van der Waals surface area contributed by atoms with Crippen LogP contribution in [-0.2, 0) is 4.74 Å². The second-order valence-electron chi connectivity index (χ2n) is 6.60. The Bertz CT molecular complexity index is 537. The number of hydrogen-bond acceptors (Lipinski definition) is 4. The van der Waals surface area contributed by atoms with Crippen molar-refractivity contribution >= 4 is 17.2 Å². The van der Waals surface area contributed by atoms with Crippen LogP contribution in [0.4, 0.5) is 0 Å². The lowest BCUT2D eigenvalue weighted by atomic mass is 9.96. The van der Waals surface area contributed by atoms with Crippen molar-refractivity contribution in [2.75, 3.05) is 13.7 Å². The highest BCUT2D eigenvalue weighted by molar-refractivity contribution is 7.13. The maximum atomic E-state index is 13.0. The molecule has 1 aromatic heterocycles. The van der Waals surface area contributed by atoms with Crippen LogP contribution < -0.4 is 0 Å². The average molecular weight is 322 g/mol. The Morgan fingerprint density at radius 2 is 2.05 bits per heavy atom. The van der Waals surface area contributed by atoms with Crippen molar-refractivity contribution in [1.29, 1.82) is 0 Å². The Morgan fingerprint density at radius 1 is 1.32 bits per heavy atom. The van der Waals surface area contributed by atoms with Gasteiger partial charge in [-0.15, -0.1) is 11.3 Å². The summed E-state index contributed by atoms with van der Waals surface area (Å²) < 4.78 is 5.34. The van der Waals surface area contributed by atoms with Gasteiger partial charge in [0.25, 0.3) is 5.91 Å². The molecule has 2 atom stereocenters. The lowest BCUT2D eigenvalue weighted by molar-refractivity contribution is 0.0693. The molecule has 3 rings (SSSR count). The number of rotatable bonds is 4. The van der Waals surface area contributed by atoms with E-state index in [4.69, 9.17) is 4.74 Å². The minimum Gasteiger partial charge on any atom is -0.375 e. The number of amides is 1. The first-order valence-corrected chi connectivity index (χ1v) is 9.24. The third-order valence-electron chi connectivity index (χ3n) is 5.21. The van der Waals surface area contributed by atoms with Crippen LogP contribution in [0, 0.1) is 12.8 Å². The molecule has 1 amide bonds. The van der Waals surface area contributed by atoms with E-state index in [9.17, 15) is 4.79 Å². The molecule has 2 aliphatic rings. The molecule has 1 saturated carbocycles. The minimum absolute atomic E-state index is 0.0468. The monoisotopic (exact) mass is 322 g/mol.